The summed E-state index contributed by atoms with van der Waals surface area (Å²) >= 11 is 0. The molecule has 6 nitrogen and oxygen atoms in total. The molecular formula is C22H32N2O4S. The van der Waals surface area contributed by atoms with Gasteiger partial charge in [0.25, 0.3) is 5.91 Å². The molecule has 7 heteroatoms. The second-order valence-electron chi connectivity index (χ2n) is 9.27. The molecule has 3 aliphatic rings. The van der Waals surface area contributed by atoms with E-state index < -0.39 is 10.0 Å². The van der Waals surface area contributed by atoms with Gasteiger partial charge in [-0.1, -0.05) is 13.8 Å². The van der Waals surface area contributed by atoms with Crippen molar-refractivity contribution in [2.75, 3.05) is 26.7 Å². The molecular weight excluding hydrogens is 388 g/mol. The number of ether oxygens (including phenoxy) is 1. The minimum absolute atomic E-state index is 0.0566. The number of hydrogen-bond donors (Lipinski definition) is 0. The number of carbonyl (C=O) groups is 1. The first-order valence-electron chi connectivity index (χ1n) is 10.8. The van der Waals surface area contributed by atoms with Crippen LogP contribution in [0.4, 0.5) is 0 Å². The van der Waals surface area contributed by atoms with Gasteiger partial charge in [-0.05, 0) is 68.1 Å². The summed E-state index contributed by atoms with van der Waals surface area (Å²) in [4.78, 5) is 15.3. The first kappa shape index (κ1) is 20.7. The van der Waals surface area contributed by atoms with Crippen molar-refractivity contribution < 1.29 is 17.9 Å². The summed E-state index contributed by atoms with van der Waals surface area (Å²) in [5, 5.41) is 0. The molecule has 1 saturated heterocycles. The van der Waals surface area contributed by atoms with Crippen molar-refractivity contribution in [3.63, 3.8) is 0 Å². The Morgan fingerprint density at radius 1 is 1.14 bits per heavy atom. The lowest BCUT2D eigenvalue weighted by Gasteiger charge is -2.34. The number of piperidine rings is 1. The Morgan fingerprint density at radius 2 is 1.79 bits per heavy atom. The molecule has 0 bridgehead atoms. The molecule has 0 N–H and O–H groups in total. The van der Waals surface area contributed by atoms with Crippen LogP contribution < -0.4 is 4.74 Å². The van der Waals surface area contributed by atoms with Crippen molar-refractivity contribution >= 4 is 15.9 Å². The van der Waals surface area contributed by atoms with Crippen LogP contribution in [0.15, 0.2) is 23.1 Å². The molecule has 29 heavy (non-hydrogen) atoms. The molecule has 2 aliphatic carbocycles. The van der Waals surface area contributed by atoms with Crippen molar-refractivity contribution in [3.05, 3.63) is 23.8 Å². The van der Waals surface area contributed by atoms with Crippen molar-refractivity contribution in [3.8, 4) is 5.75 Å². The lowest BCUT2D eigenvalue weighted by Crippen LogP contribution is -2.42. The van der Waals surface area contributed by atoms with Crippen LogP contribution in [0.5, 0.6) is 5.75 Å². The summed E-state index contributed by atoms with van der Waals surface area (Å²) in [6, 6.07) is 5.17. The summed E-state index contributed by atoms with van der Waals surface area (Å²) in [6.07, 6.45) is 5.49. The lowest BCUT2D eigenvalue weighted by atomic mass is 9.94. The fourth-order valence-electron chi connectivity index (χ4n) is 4.48. The highest BCUT2D eigenvalue weighted by Gasteiger charge is 2.38. The number of nitrogens with zero attached hydrogens (tertiary/aromatic N) is 2. The Morgan fingerprint density at radius 3 is 2.34 bits per heavy atom. The Balaban J connectivity index is 1.65. The molecule has 1 aromatic carbocycles. The van der Waals surface area contributed by atoms with Gasteiger partial charge in [0.1, 0.15) is 10.6 Å². The summed E-state index contributed by atoms with van der Waals surface area (Å²) in [5.41, 5.74) is 0.440. The molecule has 1 aromatic rings. The number of sulfonamides is 1. The van der Waals surface area contributed by atoms with Gasteiger partial charge in [0, 0.05) is 31.2 Å². The molecule has 0 aromatic heterocycles. The zero-order valence-corrected chi connectivity index (χ0v) is 18.5. The standard InChI is InChI=1S/C22H32N2O4S/c1-15-10-16(2)13-23(12-15)29(26,27)21-11-18(6-9-20(21)28-3)22(25)24(19-7-8-19)14-17-4-5-17/h6,9,11,15-17,19H,4-5,7-8,10,12-14H2,1-3H3. The maximum atomic E-state index is 13.5. The number of rotatable bonds is 7. The Labute approximate surface area is 174 Å². The van der Waals surface area contributed by atoms with E-state index in [0.717, 1.165) is 25.8 Å². The van der Waals surface area contributed by atoms with Gasteiger partial charge in [-0.15, -0.1) is 0 Å². The van der Waals surface area contributed by atoms with Crippen LogP contribution >= 0.6 is 0 Å². The third-order valence-electron chi connectivity index (χ3n) is 6.26. The minimum Gasteiger partial charge on any atom is -0.495 e. The molecule has 4 rings (SSSR count). The lowest BCUT2D eigenvalue weighted by molar-refractivity contribution is 0.0734. The largest absolute Gasteiger partial charge is 0.495 e. The fraction of sp³-hybridized carbons (Fsp3) is 0.682. The molecule has 2 unspecified atom stereocenters. The molecule has 0 spiro atoms. The third kappa shape index (κ3) is 4.45. The van der Waals surface area contributed by atoms with Gasteiger partial charge in [-0.2, -0.15) is 4.31 Å². The number of carbonyl (C=O) groups excluding carboxylic acids is 1. The normalized spacial score (nSPS) is 25.6. The number of hydrogen-bond acceptors (Lipinski definition) is 4. The van der Waals surface area contributed by atoms with Crippen molar-refractivity contribution in [1.82, 2.24) is 9.21 Å². The van der Waals surface area contributed by atoms with E-state index in [4.69, 9.17) is 4.74 Å². The van der Waals surface area contributed by atoms with Crippen LogP contribution in [0.2, 0.25) is 0 Å². The molecule has 2 atom stereocenters. The van der Waals surface area contributed by atoms with Crippen molar-refractivity contribution in [1.29, 1.82) is 0 Å². The zero-order chi connectivity index (χ0) is 20.8. The van der Waals surface area contributed by atoms with E-state index >= 15 is 0 Å². The first-order chi connectivity index (χ1) is 13.8. The van der Waals surface area contributed by atoms with Crippen molar-refractivity contribution in [2.45, 2.75) is 56.9 Å². The zero-order valence-electron chi connectivity index (χ0n) is 17.6. The highest BCUT2D eigenvalue weighted by Crippen LogP contribution is 2.37. The van der Waals surface area contributed by atoms with Crippen LogP contribution in [-0.2, 0) is 10.0 Å². The fourth-order valence-corrected chi connectivity index (χ4v) is 6.34. The Hall–Kier alpha value is -1.60. The Kier molecular flexibility index (Phi) is 5.64. The topological polar surface area (TPSA) is 66.9 Å². The van der Waals surface area contributed by atoms with Gasteiger partial charge in [-0.3, -0.25) is 4.79 Å². The van der Waals surface area contributed by atoms with Gasteiger partial charge >= 0.3 is 0 Å². The summed E-state index contributed by atoms with van der Waals surface area (Å²) in [7, 11) is -2.26. The quantitative estimate of drug-likeness (QED) is 0.678. The van der Waals surface area contributed by atoms with Crippen LogP contribution in [0, 0.1) is 17.8 Å². The second kappa shape index (κ2) is 7.91. The number of benzene rings is 1. The number of amides is 1. The third-order valence-corrected chi connectivity index (χ3v) is 8.12. The molecule has 2 saturated carbocycles. The Bertz CT molecular complexity index is 867. The minimum atomic E-state index is -3.73. The van der Waals surface area contributed by atoms with E-state index in [2.05, 4.69) is 13.8 Å². The first-order valence-corrected chi connectivity index (χ1v) is 12.2. The summed E-state index contributed by atoms with van der Waals surface area (Å²) in [5.74, 6) is 1.48. The summed E-state index contributed by atoms with van der Waals surface area (Å²) in [6.45, 7) is 5.97. The van der Waals surface area contributed by atoms with Crippen molar-refractivity contribution in [2.24, 2.45) is 17.8 Å². The number of methoxy groups -OCH3 is 1. The van der Waals surface area contributed by atoms with E-state index in [-0.39, 0.29) is 10.8 Å². The van der Waals surface area contributed by atoms with Crippen LogP contribution in [0.25, 0.3) is 0 Å². The SMILES string of the molecule is COc1ccc(C(=O)N(CC2CC2)C2CC2)cc1S(=O)(=O)N1CC(C)CC(C)C1. The van der Waals surface area contributed by atoms with E-state index in [1.807, 2.05) is 4.90 Å². The van der Waals surface area contributed by atoms with Crippen LogP contribution in [0.1, 0.15) is 56.3 Å². The molecule has 0 radical (unpaired) electrons. The molecule has 160 valence electrons. The highest BCUT2D eigenvalue weighted by molar-refractivity contribution is 7.89. The predicted octanol–water partition coefficient (Wildman–Crippen LogP) is 3.38. The van der Waals surface area contributed by atoms with E-state index in [9.17, 15) is 13.2 Å². The average Bonchev–Trinajstić information content (AvgIpc) is 3.58. The molecule has 1 amide bonds. The van der Waals surface area contributed by atoms with Crippen LogP contribution in [0.3, 0.4) is 0 Å². The van der Waals surface area contributed by atoms with E-state index in [1.54, 1.807) is 16.4 Å². The van der Waals surface area contributed by atoms with Gasteiger partial charge < -0.3 is 9.64 Å². The highest BCUT2D eigenvalue weighted by atomic mass is 32.2. The van der Waals surface area contributed by atoms with Crippen LogP contribution in [-0.4, -0.2) is 56.3 Å². The van der Waals surface area contributed by atoms with Gasteiger partial charge in [0.2, 0.25) is 10.0 Å². The molecule has 1 heterocycles. The predicted molar refractivity (Wildman–Crippen MR) is 111 cm³/mol. The second-order valence-corrected chi connectivity index (χ2v) is 11.2. The monoisotopic (exact) mass is 420 g/mol. The van der Waals surface area contributed by atoms with E-state index in [1.165, 1.54) is 26.0 Å². The molecule has 1 aliphatic heterocycles. The van der Waals surface area contributed by atoms with Gasteiger partial charge in [0.05, 0.1) is 7.11 Å². The van der Waals surface area contributed by atoms with E-state index in [0.29, 0.717) is 48.2 Å². The van der Waals surface area contributed by atoms with Gasteiger partial charge in [0.15, 0.2) is 0 Å². The maximum absolute atomic E-state index is 13.5. The average molecular weight is 421 g/mol. The molecule has 3 fully saturated rings. The smallest absolute Gasteiger partial charge is 0.254 e. The maximum Gasteiger partial charge on any atom is 0.254 e. The van der Waals surface area contributed by atoms with Gasteiger partial charge in [-0.25, -0.2) is 8.42 Å². The summed E-state index contributed by atoms with van der Waals surface area (Å²) < 4.78 is 33.8.